The molecule has 0 saturated carbocycles. The Morgan fingerprint density at radius 3 is 2.88 bits per heavy atom. The fourth-order valence-corrected chi connectivity index (χ4v) is 1.35. The Labute approximate surface area is 101 Å². The summed E-state index contributed by atoms with van der Waals surface area (Å²) in [6.07, 6.45) is 4.73. The number of carboxylic acid groups (broad SMARTS) is 1. The molecule has 17 heavy (non-hydrogen) atoms. The second-order valence-corrected chi connectivity index (χ2v) is 3.59. The third-order valence-electron chi connectivity index (χ3n) is 2.37. The van der Waals surface area contributed by atoms with E-state index >= 15 is 0 Å². The van der Waals surface area contributed by atoms with Crippen molar-refractivity contribution in [3.05, 3.63) is 29.5 Å². The van der Waals surface area contributed by atoms with Crippen molar-refractivity contribution in [2.45, 2.75) is 33.2 Å². The molecular formula is C12H18N2O3. The van der Waals surface area contributed by atoms with Gasteiger partial charge in [0.1, 0.15) is 5.76 Å². The third kappa shape index (κ3) is 4.40. The predicted molar refractivity (Wildman–Crippen MR) is 63.6 cm³/mol. The maximum atomic E-state index is 10.7. The first kappa shape index (κ1) is 13.4. The minimum atomic E-state index is -0.862. The van der Waals surface area contributed by atoms with Crippen molar-refractivity contribution in [3.8, 4) is 0 Å². The Kier molecular flexibility index (Phi) is 5.42. The average molecular weight is 238 g/mol. The van der Waals surface area contributed by atoms with Gasteiger partial charge >= 0.3 is 5.97 Å². The molecule has 94 valence electrons. The average Bonchev–Trinajstić information content (AvgIpc) is 2.76. The van der Waals surface area contributed by atoms with Crippen LogP contribution in [0.1, 0.15) is 31.9 Å². The van der Waals surface area contributed by atoms with E-state index in [-0.39, 0.29) is 0 Å². The van der Waals surface area contributed by atoms with Crippen LogP contribution in [0.2, 0.25) is 0 Å². The van der Waals surface area contributed by atoms with Crippen molar-refractivity contribution in [3.63, 3.8) is 0 Å². The van der Waals surface area contributed by atoms with Crippen molar-refractivity contribution in [2.24, 2.45) is 0 Å². The van der Waals surface area contributed by atoms with Gasteiger partial charge in [0.25, 0.3) is 0 Å². The van der Waals surface area contributed by atoms with Gasteiger partial charge in [-0.15, -0.1) is 0 Å². The van der Waals surface area contributed by atoms with E-state index in [2.05, 4.69) is 10.3 Å². The number of carboxylic acids is 1. The standard InChI is InChI=1S/C12H18N2O3/c1-3-9(12(15)16)5-6-13-8-11-14-7-10(4-2)17-11/h5,7,13H,3-4,6,8H2,1-2H3,(H,15,16)/b9-5-. The Morgan fingerprint density at radius 2 is 2.35 bits per heavy atom. The van der Waals surface area contributed by atoms with Crippen molar-refractivity contribution in [1.29, 1.82) is 0 Å². The molecule has 0 atom stereocenters. The number of rotatable bonds is 7. The number of carbonyl (C=O) groups is 1. The van der Waals surface area contributed by atoms with Gasteiger partial charge in [-0.1, -0.05) is 19.9 Å². The molecule has 5 nitrogen and oxygen atoms in total. The lowest BCUT2D eigenvalue weighted by molar-refractivity contribution is -0.132. The van der Waals surface area contributed by atoms with E-state index in [0.29, 0.717) is 31.0 Å². The van der Waals surface area contributed by atoms with Crippen LogP contribution in [0, 0.1) is 0 Å². The van der Waals surface area contributed by atoms with Crippen LogP contribution < -0.4 is 5.32 Å². The number of aliphatic carboxylic acids is 1. The van der Waals surface area contributed by atoms with E-state index in [1.807, 2.05) is 13.8 Å². The molecule has 0 aliphatic heterocycles. The maximum Gasteiger partial charge on any atom is 0.331 e. The van der Waals surface area contributed by atoms with Gasteiger partial charge in [0, 0.05) is 18.5 Å². The number of aryl methyl sites for hydroxylation is 1. The fourth-order valence-electron chi connectivity index (χ4n) is 1.35. The zero-order valence-electron chi connectivity index (χ0n) is 10.2. The zero-order valence-corrected chi connectivity index (χ0v) is 10.2. The summed E-state index contributed by atoms with van der Waals surface area (Å²) in [6, 6.07) is 0. The third-order valence-corrected chi connectivity index (χ3v) is 2.37. The summed E-state index contributed by atoms with van der Waals surface area (Å²) in [4.78, 5) is 14.8. The van der Waals surface area contributed by atoms with E-state index in [1.54, 1.807) is 12.3 Å². The lowest BCUT2D eigenvalue weighted by atomic mass is 10.2. The summed E-state index contributed by atoms with van der Waals surface area (Å²) in [5, 5.41) is 11.9. The van der Waals surface area contributed by atoms with Crippen LogP contribution >= 0.6 is 0 Å². The smallest absolute Gasteiger partial charge is 0.331 e. The minimum absolute atomic E-state index is 0.416. The van der Waals surface area contributed by atoms with E-state index in [1.165, 1.54) is 0 Å². The summed E-state index contributed by atoms with van der Waals surface area (Å²) in [7, 11) is 0. The molecule has 0 aromatic carbocycles. The molecule has 0 spiro atoms. The topological polar surface area (TPSA) is 75.4 Å². The first-order chi connectivity index (χ1) is 8.17. The van der Waals surface area contributed by atoms with Crippen molar-refractivity contribution in [2.75, 3.05) is 6.54 Å². The van der Waals surface area contributed by atoms with E-state index in [9.17, 15) is 4.79 Å². The second-order valence-electron chi connectivity index (χ2n) is 3.59. The summed E-state index contributed by atoms with van der Waals surface area (Å²) in [6.45, 7) is 4.83. The highest BCUT2D eigenvalue weighted by molar-refractivity contribution is 5.86. The van der Waals surface area contributed by atoms with Crippen LogP contribution in [-0.2, 0) is 17.8 Å². The predicted octanol–water partition coefficient (Wildman–Crippen LogP) is 1.75. The highest BCUT2D eigenvalue weighted by atomic mass is 16.4. The van der Waals surface area contributed by atoms with E-state index in [4.69, 9.17) is 9.52 Å². The SMILES string of the molecule is CC/C(=C/CNCc1ncc(CC)o1)C(=O)O. The van der Waals surface area contributed by atoms with Gasteiger partial charge in [-0.3, -0.25) is 0 Å². The Balaban J connectivity index is 2.35. The largest absolute Gasteiger partial charge is 0.478 e. The zero-order chi connectivity index (χ0) is 12.7. The highest BCUT2D eigenvalue weighted by Crippen LogP contribution is 2.03. The van der Waals surface area contributed by atoms with Gasteiger partial charge in [-0.2, -0.15) is 0 Å². The molecule has 0 aliphatic rings. The van der Waals surface area contributed by atoms with Crippen LogP contribution in [0.5, 0.6) is 0 Å². The molecule has 0 aliphatic carbocycles. The maximum absolute atomic E-state index is 10.7. The van der Waals surface area contributed by atoms with Crippen LogP contribution in [0.25, 0.3) is 0 Å². The molecule has 1 aromatic rings. The summed E-state index contributed by atoms with van der Waals surface area (Å²) >= 11 is 0. The lowest BCUT2D eigenvalue weighted by Gasteiger charge is -1.99. The van der Waals surface area contributed by atoms with Crippen molar-refractivity contribution < 1.29 is 14.3 Å². The molecule has 0 saturated heterocycles. The molecule has 1 heterocycles. The molecule has 0 unspecified atom stereocenters. The summed E-state index contributed by atoms with van der Waals surface area (Å²) < 4.78 is 5.40. The Morgan fingerprint density at radius 1 is 1.59 bits per heavy atom. The van der Waals surface area contributed by atoms with E-state index < -0.39 is 5.97 Å². The van der Waals surface area contributed by atoms with Crippen LogP contribution in [0.3, 0.4) is 0 Å². The molecule has 0 bridgehead atoms. The van der Waals surface area contributed by atoms with Crippen LogP contribution in [0.4, 0.5) is 0 Å². The molecule has 0 fully saturated rings. The molecule has 5 heteroatoms. The quantitative estimate of drug-likeness (QED) is 0.559. The molecular weight excluding hydrogens is 220 g/mol. The molecule has 2 N–H and O–H groups in total. The van der Waals surface area contributed by atoms with Gasteiger partial charge in [0.2, 0.25) is 5.89 Å². The van der Waals surface area contributed by atoms with Crippen molar-refractivity contribution >= 4 is 5.97 Å². The molecule has 1 rings (SSSR count). The lowest BCUT2D eigenvalue weighted by Crippen LogP contribution is -2.14. The Bertz CT molecular complexity index is 396. The van der Waals surface area contributed by atoms with Gasteiger partial charge in [-0.05, 0) is 6.42 Å². The molecule has 0 amide bonds. The van der Waals surface area contributed by atoms with Gasteiger partial charge in [0.15, 0.2) is 0 Å². The fraction of sp³-hybridized carbons (Fsp3) is 0.500. The van der Waals surface area contributed by atoms with Gasteiger partial charge < -0.3 is 14.8 Å². The highest BCUT2D eigenvalue weighted by Gasteiger charge is 2.03. The minimum Gasteiger partial charge on any atom is -0.478 e. The molecule has 1 aromatic heterocycles. The van der Waals surface area contributed by atoms with Crippen LogP contribution in [-0.4, -0.2) is 22.6 Å². The monoisotopic (exact) mass is 238 g/mol. The first-order valence-electron chi connectivity index (χ1n) is 5.74. The first-order valence-corrected chi connectivity index (χ1v) is 5.74. The summed E-state index contributed by atoms with van der Waals surface area (Å²) in [5.41, 5.74) is 0.416. The normalized spacial score (nSPS) is 11.8. The molecule has 0 radical (unpaired) electrons. The number of nitrogens with zero attached hydrogens (tertiary/aromatic N) is 1. The van der Waals surface area contributed by atoms with Gasteiger partial charge in [0.05, 0.1) is 12.7 Å². The second kappa shape index (κ2) is 6.85. The van der Waals surface area contributed by atoms with E-state index in [0.717, 1.165) is 12.2 Å². The number of hydrogen-bond donors (Lipinski definition) is 2. The number of nitrogens with one attached hydrogen (secondary N) is 1. The van der Waals surface area contributed by atoms with Gasteiger partial charge in [-0.25, -0.2) is 9.78 Å². The van der Waals surface area contributed by atoms with Crippen molar-refractivity contribution in [1.82, 2.24) is 10.3 Å². The van der Waals surface area contributed by atoms with Crippen LogP contribution in [0.15, 0.2) is 22.3 Å². The number of oxazole rings is 1. The summed E-state index contributed by atoms with van der Waals surface area (Å²) in [5.74, 6) is 0.624. The number of aromatic nitrogens is 1. The Hall–Kier alpha value is -1.62. The number of hydrogen-bond acceptors (Lipinski definition) is 4.